The molecule has 0 saturated heterocycles. The first kappa shape index (κ1) is 13.7. The summed E-state index contributed by atoms with van der Waals surface area (Å²) < 4.78 is 5.48. The van der Waals surface area contributed by atoms with E-state index in [9.17, 15) is 0 Å². The minimum atomic E-state index is 0.154. The largest absolute Gasteiger partial charge is 0.377 e. The maximum absolute atomic E-state index is 5.48. The zero-order valence-electron chi connectivity index (χ0n) is 10.3. The van der Waals surface area contributed by atoms with Crippen molar-refractivity contribution in [3.8, 4) is 0 Å². The maximum atomic E-state index is 5.48. The summed E-state index contributed by atoms with van der Waals surface area (Å²) in [6, 6.07) is 0. The van der Waals surface area contributed by atoms with Crippen LogP contribution in [-0.4, -0.2) is 25.3 Å². The molecule has 0 atom stereocenters. The molecule has 0 saturated carbocycles. The van der Waals surface area contributed by atoms with Gasteiger partial charge in [0.25, 0.3) is 0 Å². The molecule has 0 unspecified atom stereocenters. The highest BCUT2D eigenvalue weighted by atomic mass is 16.5. The Kier molecular flexibility index (Phi) is 6.05. The Hall–Kier alpha value is -0.340. The fourth-order valence-electron chi connectivity index (χ4n) is 0.880. The molecule has 0 radical (unpaired) electrons. The van der Waals surface area contributed by atoms with E-state index in [0.29, 0.717) is 12.5 Å². The lowest BCUT2D eigenvalue weighted by atomic mass is 10.1. The van der Waals surface area contributed by atoms with E-state index in [1.807, 2.05) is 0 Å². The lowest BCUT2D eigenvalue weighted by Crippen LogP contribution is -2.37. The lowest BCUT2D eigenvalue weighted by molar-refractivity contribution is 0.128. The Morgan fingerprint density at radius 2 is 1.93 bits per heavy atom. The van der Waals surface area contributed by atoms with Gasteiger partial charge in [0.05, 0.1) is 6.61 Å². The number of nitrogens with one attached hydrogen (secondary N) is 1. The summed E-state index contributed by atoms with van der Waals surface area (Å²) in [7, 11) is 0. The Morgan fingerprint density at radius 1 is 1.36 bits per heavy atom. The van der Waals surface area contributed by atoms with Crippen LogP contribution in [0.3, 0.4) is 0 Å². The van der Waals surface area contributed by atoms with Gasteiger partial charge in [0.15, 0.2) is 0 Å². The van der Waals surface area contributed by atoms with Crippen molar-refractivity contribution in [2.45, 2.75) is 40.2 Å². The van der Waals surface area contributed by atoms with E-state index in [0.717, 1.165) is 18.7 Å². The van der Waals surface area contributed by atoms with Crippen molar-refractivity contribution < 1.29 is 4.74 Å². The number of rotatable bonds is 6. The Morgan fingerprint density at radius 3 is 2.36 bits per heavy atom. The van der Waals surface area contributed by atoms with Crippen molar-refractivity contribution in [3.05, 3.63) is 12.2 Å². The molecule has 84 valence electrons. The van der Waals surface area contributed by atoms with E-state index in [-0.39, 0.29) is 5.54 Å². The van der Waals surface area contributed by atoms with Gasteiger partial charge < -0.3 is 10.1 Å². The van der Waals surface area contributed by atoms with Gasteiger partial charge in [-0.25, -0.2) is 0 Å². The maximum Gasteiger partial charge on any atom is 0.0686 e. The minimum absolute atomic E-state index is 0.154. The van der Waals surface area contributed by atoms with Crippen LogP contribution in [-0.2, 0) is 4.74 Å². The average molecular weight is 199 g/mol. The summed E-state index contributed by atoms with van der Waals surface area (Å²) in [5.74, 6) is 0.596. The first-order valence-electron chi connectivity index (χ1n) is 5.30. The van der Waals surface area contributed by atoms with Crippen molar-refractivity contribution in [1.82, 2.24) is 5.32 Å². The van der Waals surface area contributed by atoms with Crippen LogP contribution in [0.5, 0.6) is 0 Å². The quantitative estimate of drug-likeness (QED) is 0.664. The van der Waals surface area contributed by atoms with Gasteiger partial charge in [0.2, 0.25) is 0 Å². The highest BCUT2D eigenvalue weighted by Crippen LogP contribution is 2.01. The molecule has 0 aliphatic rings. The van der Waals surface area contributed by atoms with Gasteiger partial charge >= 0.3 is 0 Å². The first-order chi connectivity index (χ1) is 6.31. The van der Waals surface area contributed by atoms with Crippen LogP contribution in [0, 0.1) is 5.92 Å². The summed E-state index contributed by atoms with van der Waals surface area (Å²) >= 11 is 0. The van der Waals surface area contributed by atoms with Crippen LogP contribution in [0.25, 0.3) is 0 Å². The van der Waals surface area contributed by atoms with E-state index in [1.54, 1.807) is 0 Å². The van der Waals surface area contributed by atoms with Crippen molar-refractivity contribution in [3.63, 3.8) is 0 Å². The Labute approximate surface area is 88.7 Å². The van der Waals surface area contributed by atoms with Crippen LogP contribution in [0.4, 0.5) is 0 Å². The Bertz CT molecular complexity index is 168. The SMILES string of the molecule is C=C(CNC(C)(C)C)COCC(C)C. The molecule has 0 spiro atoms. The second-order valence-electron chi connectivity index (χ2n) is 5.26. The number of hydrogen-bond donors (Lipinski definition) is 1. The third-order valence-corrected chi connectivity index (χ3v) is 1.63. The van der Waals surface area contributed by atoms with Crippen molar-refractivity contribution in [2.75, 3.05) is 19.8 Å². The molecular weight excluding hydrogens is 174 g/mol. The average Bonchev–Trinajstić information content (AvgIpc) is 1.99. The molecule has 0 aromatic carbocycles. The van der Waals surface area contributed by atoms with E-state index in [4.69, 9.17) is 4.74 Å². The zero-order valence-corrected chi connectivity index (χ0v) is 10.3. The van der Waals surface area contributed by atoms with Gasteiger partial charge in [-0.2, -0.15) is 0 Å². The summed E-state index contributed by atoms with van der Waals surface area (Å²) in [4.78, 5) is 0. The van der Waals surface area contributed by atoms with Crippen LogP contribution in [0.15, 0.2) is 12.2 Å². The Balaban J connectivity index is 3.47. The number of ether oxygens (including phenoxy) is 1. The fraction of sp³-hybridized carbons (Fsp3) is 0.833. The smallest absolute Gasteiger partial charge is 0.0686 e. The van der Waals surface area contributed by atoms with Crippen LogP contribution in [0.2, 0.25) is 0 Å². The highest BCUT2D eigenvalue weighted by molar-refractivity contribution is 4.98. The fourth-order valence-corrected chi connectivity index (χ4v) is 0.880. The molecule has 2 nitrogen and oxygen atoms in total. The van der Waals surface area contributed by atoms with Gasteiger partial charge in [-0.1, -0.05) is 20.4 Å². The second-order valence-corrected chi connectivity index (χ2v) is 5.26. The van der Waals surface area contributed by atoms with Crippen LogP contribution >= 0.6 is 0 Å². The van der Waals surface area contributed by atoms with Crippen LogP contribution < -0.4 is 5.32 Å². The summed E-state index contributed by atoms with van der Waals surface area (Å²) in [5.41, 5.74) is 1.27. The summed E-state index contributed by atoms with van der Waals surface area (Å²) in [6.45, 7) is 17.0. The van der Waals surface area contributed by atoms with Gasteiger partial charge in [0.1, 0.15) is 0 Å². The molecule has 0 amide bonds. The molecule has 0 aliphatic heterocycles. The summed E-state index contributed by atoms with van der Waals surface area (Å²) in [5, 5.41) is 3.38. The molecule has 0 aromatic heterocycles. The molecule has 0 rings (SSSR count). The van der Waals surface area contributed by atoms with Gasteiger partial charge in [0, 0.05) is 18.7 Å². The monoisotopic (exact) mass is 199 g/mol. The topological polar surface area (TPSA) is 21.3 Å². The molecule has 0 aliphatic carbocycles. The lowest BCUT2D eigenvalue weighted by Gasteiger charge is -2.21. The van der Waals surface area contributed by atoms with E-state index >= 15 is 0 Å². The van der Waals surface area contributed by atoms with E-state index in [1.165, 1.54) is 0 Å². The van der Waals surface area contributed by atoms with Crippen molar-refractivity contribution in [1.29, 1.82) is 0 Å². The molecule has 0 heterocycles. The highest BCUT2D eigenvalue weighted by Gasteiger charge is 2.08. The predicted molar refractivity (Wildman–Crippen MR) is 62.6 cm³/mol. The van der Waals surface area contributed by atoms with E-state index < -0.39 is 0 Å². The van der Waals surface area contributed by atoms with Gasteiger partial charge in [-0.3, -0.25) is 0 Å². The third-order valence-electron chi connectivity index (χ3n) is 1.63. The molecule has 1 N–H and O–H groups in total. The zero-order chi connectivity index (χ0) is 11.2. The van der Waals surface area contributed by atoms with Gasteiger partial charge in [-0.15, -0.1) is 0 Å². The normalized spacial score (nSPS) is 12.1. The molecule has 0 fully saturated rings. The van der Waals surface area contributed by atoms with Crippen molar-refractivity contribution in [2.24, 2.45) is 5.92 Å². The molecule has 14 heavy (non-hydrogen) atoms. The van der Waals surface area contributed by atoms with E-state index in [2.05, 4.69) is 46.5 Å². The van der Waals surface area contributed by atoms with Gasteiger partial charge in [-0.05, 0) is 32.3 Å². The third kappa shape index (κ3) is 9.75. The molecule has 2 heteroatoms. The van der Waals surface area contributed by atoms with Crippen molar-refractivity contribution >= 4 is 0 Å². The minimum Gasteiger partial charge on any atom is -0.377 e. The molecular formula is C12H25NO. The standard InChI is InChI=1S/C12H25NO/c1-10(2)8-14-9-11(3)7-13-12(4,5)6/h10,13H,3,7-9H2,1-2,4-6H3. The summed E-state index contributed by atoms with van der Waals surface area (Å²) in [6.07, 6.45) is 0. The number of hydrogen-bond acceptors (Lipinski definition) is 2. The second kappa shape index (κ2) is 6.20. The molecule has 0 aromatic rings. The molecule has 0 bridgehead atoms. The first-order valence-corrected chi connectivity index (χ1v) is 5.30. The predicted octanol–water partition coefficient (Wildman–Crippen LogP) is 2.60. The van der Waals surface area contributed by atoms with Crippen LogP contribution in [0.1, 0.15) is 34.6 Å².